The number of rotatable bonds is 1. The predicted molar refractivity (Wildman–Crippen MR) is 73.4 cm³/mol. The van der Waals surface area contributed by atoms with Crippen LogP contribution in [0.25, 0.3) is 10.9 Å². The molecule has 0 fully saturated rings. The lowest BCUT2D eigenvalue weighted by molar-refractivity contribution is 0.0952. The molecular weight excluding hydrogens is 240 g/mol. The van der Waals surface area contributed by atoms with E-state index in [1.54, 1.807) is 12.1 Å². The third kappa shape index (κ3) is 1.67. The zero-order chi connectivity index (χ0) is 13.8. The maximum absolute atomic E-state index is 12.0. The Balaban J connectivity index is 2.36. The van der Waals surface area contributed by atoms with Crippen LogP contribution in [-0.4, -0.2) is 16.7 Å². The average molecular weight is 256 g/mol. The van der Waals surface area contributed by atoms with Crippen LogP contribution in [0.15, 0.2) is 18.2 Å². The Morgan fingerprint density at radius 2 is 2.11 bits per heavy atom. The quantitative estimate of drug-likeness (QED) is 0.822. The summed E-state index contributed by atoms with van der Waals surface area (Å²) in [7, 11) is 0. The third-order valence-electron chi connectivity index (χ3n) is 4.02. The van der Waals surface area contributed by atoms with Crippen LogP contribution < -0.4 is 5.73 Å². The van der Waals surface area contributed by atoms with Crippen LogP contribution in [0, 0.1) is 0 Å². The van der Waals surface area contributed by atoms with Crippen molar-refractivity contribution in [3.8, 4) is 0 Å². The van der Waals surface area contributed by atoms with Crippen LogP contribution in [-0.2, 0) is 5.41 Å². The van der Waals surface area contributed by atoms with Crippen LogP contribution >= 0.6 is 0 Å². The molecule has 1 amide bonds. The first-order chi connectivity index (χ1) is 8.90. The molecule has 0 bridgehead atoms. The van der Waals surface area contributed by atoms with Gasteiger partial charge in [0.2, 0.25) is 5.91 Å². The minimum atomic E-state index is -0.447. The van der Waals surface area contributed by atoms with E-state index in [1.165, 1.54) is 0 Å². The van der Waals surface area contributed by atoms with E-state index in [4.69, 9.17) is 5.73 Å². The Morgan fingerprint density at radius 3 is 2.79 bits per heavy atom. The maximum Gasteiger partial charge on any atom is 0.248 e. The number of carbonyl (C=O) groups excluding carboxylic acids is 2. The molecule has 1 aromatic heterocycles. The van der Waals surface area contributed by atoms with Gasteiger partial charge in [0.15, 0.2) is 5.78 Å². The van der Waals surface area contributed by atoms with Crippen LogP contribution in [0.2, 0.25) is 0 Å². The molecule has 1 aliphatic carbocycles. The lowest BCUT2D eigenvalue weighted by Gasteiger charge is -2.29. The second-order valence-corrected chi connectivity index (χ2v) is 5.81. The fraction of sp³-hybridized carbons (Fsp3) is 0.333. The van der Waals surface area contributed by atoms with Crippen molar-refractivity contribution in [2.45, 2.75) is 32.1 Å². The molecule has 0 spiro atoms. The smallest absolute Gasteiger partial charge is 0.248 e. The number of amides is 1. The normalized spacial score (nSPS) is 17.5. The van der Waals surface area contributed by atoms with Gasteiger partial charge in [0.05, 0.1) is 5.69 Å². The summed E-state index contributed by atoms with van der Waals surface area (Å²) in [5.74, 6) is -0.303. The van der Waals surface area contributed by atoms with Crippen molar-refractivity contribution in [2.75, 3.05) is 0 Å². The highest BCUT2D eigenvalue weighted by molar-refractivity contribution is 6.06. The van der Waals surface area contributed by atoms with Crippen molar-refractivity contribution in [1.82, 2.24) is 4.98 Å². The summed E-state index contributed by atoms with van der Waals surface area (Å²) in [4.78, 5) is 26.5. The molecule has 1 heterocycles. The van der Waals surface area contributed by atoms with Crippen molar-refractivity contribution < 1.29 is 9.59 Å². The summed E-state index contributed by atoms with van der Waals surface area (Å²) in [5, 5.41) is 0.935. The number of nitrogens with one attached hydrogen (secondary N) is 1. The Hall–Kier alpha value is -2.10. The van der Waals surface area contributed by atoms with Gasteiger partial charge in [-0.1, -0.05) is 13.8 Å². The first kappa shape index (κ1) is 12.0. The first-order valence-electron chi connectivity index (χ1n) is 6.39. The van der Waals surface area contributed by atoms with E-state index in [1.807, 2.05) is 6.07 Å². The number of hydrogen-bond acceptors (Lipinski definition) is 2. The number of ketones is 1. The molecule has 0 aliphatic heterocycles. The molecule has 0 atom stereocenters. The van der Waals surface area contributed by atoms with E-state index >= 15 is 0 Å². The highest BCUT2D eigenvalue weighted by atomic mass is 16.1. The number of H-pyrrole nitrogens is 1. The van der Waals surface area contributed by atoms with Gasteiger partial charge in [-0.15, -0.1) is 0 Å². The number of primary amides is 1. The topological polar surface area (TPSA) is 75.9 Å². The molecular formula is C15H16N2O2. The lowest BCUT2D eigenvalue weighted by atomic mass is 9.74. The number of hydrogen-bond donors (Lipinski definition) is 2. The molecule has 3 rings (SSSR count). The molecule has 98 valence electrons. The highest BCUT2D eigenvalue weighted by Crippen LogP contribution is 2.41. The second kappa shape index (κ2) is 3.70. The maximum atomic E-state index is 12.0. The van der Waals surface area contributed by atoms with Crippen molar-refractivity contribution in [3.05, 3.63) is 35.0 Å². The number of aromatic amines is 1. The number of Topliss-reactive ketones (excluding diaryl/α,β-unsaturated/α-hetero) is 1. The van der Waals surface area contributed by atoms with E-state index in [9.17, 15) is 9.59 Å². The van der Waals surface area contributed by atoms with Crippen LogP contribution in [0.3, 0.4) is 0 Å². The van der Waals surface area contributed by atoms with Gasteiger partial charge < -0.3 is 10.7 Å². The zero-order valence-electron chi connectivity index (χ0n) is 11.0. The van der Waals surface area contributed by atoms with Gasteiger partial charge in [-0.3, -0.25) is 9.59 Å². The molecule has 0 radical (unpaired) electrons. The molecule has 19 heavy (non-hydrogen) atoms. The number of fused-ring (bicyclic) bond motifs is 3. The Bertz CT molecular complexity index is 710. The van der Waals surface area contributed by atoms with E-state index < -0.39 is 5.91 Å². The number of aromatic nitrogens is 1. The first-order valence-corrected chi connectivity index (χ1v) is 6.39. The van der Waals surface area contributed by atoms with Gasteiger partial charge in [0, 0.05) is 22.9 Å². The molecule has 0 saturated heterocycles. The van der Waals surface area contributed by atoms with Gasteiger partial charge in [-0.05, 0) is 35.6 Å². The molecule has 3 N–H and O–H groups in total. The number of carbonyl (C=O) groups is 2. The number of nitrogens with two attached hydrogens (primary N) is 1. The minimum Gasteiger partial charge on any atom is -0.366 e. The van der Waals surface area contributed by atoms with Gasteiger partial charge in [0.25, 0.3) is 0 Å². The summed E-state index contributed by atoms with van der Waals surface area (Å²) < 4.78 is 0. The highest BCUT2D eigenvalue weighted by Gasteiger charge is 2.35. The summed E-state index contributed by atoms with van der Waals surface area (Å²) >= 11 is 0. The summed E-state index contributed by atoms with van der Waals surface area (Å²) in [6.45, 7) is 4.25. The van der Waals surface area contributed by atoms with E-state index in [0.717, 1.165) is 22.9 Å². The fourth-order valence-corrected chi connectivity index (χ4v) is 2.93. The fourth-order valence-electron chi connectivity index (χ4n) is 2.93. The molecule has 0 saturated carbocycles. The largest absolute Gasteiger partial charge is 0.366 e. The van der Waals surface area contributed by atoms with Crippen molar-refractivity contribution in [2.24, 2.45) is 5.73 Å². The Labute approximate surface area is 111 Å². The van der Waals surface area contributed by atoms with Crippen LogP contribution in [0.1, 0.15) is 53.1 Å². The van der Waals surface area contributed by atoms with Crippen molar-refractivity contribution in [1.29, 1.82) is 0 Å². The third-order valence-corrected chi connectivity index (χ3v) is 4.02. The predicted octanol–water partition coefficient (Wildman–Crippen LogP) is 2.52. The van der Waals surface area contributed by atoms with Gasteiger partial charge >= 0.3 is 0 Å². The average Bonchev–Trinajstić information content (AvgIpc) is 2.74. The lowest BCUT2D eigenvalue weighted by Crippen LogP contribution is -2.26. The SMILES string of the molecule is CC1(C)CCC(=O)c2[nH]c3ccc(C(N)=O)cc3c21. The van der Waals surface area contributed by atoms with E-state index in [-0.39, 0.29) is 11.2 Å². The van der Waals surface area contributed by atoms with E-state index in [0.29, 0.717) is 17.7 Å². The van der Waals surface area contributed by atoms with E-state index in [2.05, 4.69) is 18.8 Å². The van der Waals surface area contributed by atoms with Crippen LogP contribution in [0.5, 0.6) is 0 Å². The molecule has 1 aromatic carbocycles. The summed E-state index contributed by atoms with van der Waals surface area (Å²) in [6.07, 6.45) is 1.39. The van der Waals surface area contributed by atoms with Crippen LogP contribution in [0.4, 0.5) is 0 Å². The van der Waals surface area contributed by atoms with Gasteiger partial charge in [-0.2, -0.15) is 0 Å². The molecule has 2 aromatic rings. The molecule has 1 aliphatic rings. The summed E-state index contributed by atoms with van der Waals surface area (Å²) in [6, 6.07) is 5.29. The molecule has 4 nitrogen and oxygen atoms in total. The standard InChI is InChI=1S/C15H16N2O2/c1-15(2)6-5-11(18)13-12(15)9-7-8(14(16)19)3-4-10(9)17-13/h3-4,7,17H,5-6H2,1-2H3,(H2,16,19). The number of benzene rings is 1. The Kier molecular flexibility index (Phi) is 2.33. The van der Waals surface area contributed by atoms with Crippen molar-refractivity contribution >= 4 is 22.6 Å². The summed E-state index contributed by atoms with van der Waals surface area (Å²) in [5.41, 5.74) is 8.32. The van der Waals surface area contributed by atoms with Gasteiger partial charge in [-0.25, -0.2) is 0 Å². The minimum absolute atomic E-state index is 0.0717. The second-order valence-electron chi connectivity index (χ2n) is 5.81. The Morgan fingerprint density at radius 1 is 1.37 bits per heavy atom. The molecule has 4 heteroatoms. The molecule has 0 unspecified atom stereocenters. The monoisotopic (exact) mass is 256 g/mol. The van der Waals surface area contributed by atoms with Gasteiger partial charge in [0.1, 0.15) is 0 Å². The zero-order valence-corrected chi connectivity index (χ0v) is 11.0. The van der Waals surface area contributed by atoms with Crippen molar-refractivity contribution in [3.63, 3.8) is 0 Å².